The molecule has 0 saturated carbocycles. The molecule has 0 saturated heterocycles. The number of urea groups is 1. The summed E-state index contributed by atoms with van der Waals surface area (Å²) in [6.45, 7) is 8.70. The van der Waals surface area contributed by atoms with E-state index in [9.17, 15) is 9.59 Å². The molecule has 1 aromatic rings. The van der Waals surface area contributed by atoms with Gasteiger partial charge in [0.05, 0.1) is 23.9 Å². The van der Waals surface area contributed by atoms with E-state index in [0.717, 1.165) is 23.2 Å². The van der Waals surface area contributed by atoms with Gasteiger partial charge in [-0.25, -0.2) is 4.79 Å². The van der Waals surface area contributed by atoms with Crippen LogP contribution in [0.2, 0.25) is 0 Å². The Balaban J connectivity index is 2.07. The van der Waals surface area contributed by atoms with Gasteiger partial charge in [-0.1, -0.05) is 30.7 Å². The van der Waals surface area contributed by atoms with Crippen LogP contribution >= 0.6 is 0 Å². The Morgan fingerprint density at radius 1 is 1.29 bits per heavy atom. The molecule has 0 aromatic heterocycles. The summed E-state index contributed by atoms with van der Waals surface area (Å²) in [7, 11) is 1.73. The van der Waals surface area contributed by atoms with Gasteiger partial charge in [-0.3, -0.25) is 9.69 Å². The third kappa shape index (κ3) is 2.48. The fourth-order valence-electron chi connectivity index (χ4n) is 3.55. The van der Waals surface area contributed by atoms with E-state index < -0.39 is 0 Å². The fraction of sp³-hybridized carbons (Fsp3) is 0.474. The summed E-state index contributed by atoms with van der Waals surface area (Å²) in [4.78, 5) is 28.9. The molecule has 2 atom stereocenters. The van der Waals surface area contributed by atoms with E-state index in [0.29, 0.717) is 12.1 Å². The Morgan fingerprint density at radius 3 is 2.62 bits per heavy atom. The van der Waals surface area contributed by atoms with E-state index in [2.05, 4.69) is 25.2 Å². The van der Waals surface area contributed by atoms with Crippen molar-refractivity contribution in [2.24, 2.45) is 0 Å². The van der Waals surface area contributed by atoms with Crippen LogP contribution in [0.1, 0.15) is 43.0 Å². The highest BCUT2D eigenvalue weighted by Crippen LogP contribution is 2.37. The Hall–Kier alpha value is -2.30. The number of nitrogens with zero attached hydrogens (tertiary/aromatic N) is 2. The molecule has 2 unspecified atom stereocenters. The molecule has 0 spiro atoms. The number of aryl methyl sites for hydroxylation is 2. The first-order chi connectivity index (χ1) is 11.3. The average Bonchev–Trinajstić information content (AvgIpc) is 2.88. The first-order valence-corrected chi connectivity index (χ1v) is 8.50. The second-order valence-corrected chi connectivity index (χ2v) is 6.85. The quantitative estimate of drug-likeness (QED) is 0.928. The number of likely N-dealkylation sites (N-methyl/N-ethyl adjacent to an activating group) is 1. The molecule has 128 valence electrons. The standard InChI is InChI=1S/C19H25N3O2/c1-6-13(4)22-10-15-16(18(22)23)17(20-19(24)21(15)5)14-8-7-11(2)9-12(14)3/h7-9,13,17H,6,10H2,1-5H3,(H,20,24). The van der Waals surface area contributed by atoms with Gasteiger partial charge < -0.3 is 10.2 Å². The number of amides is 3. The second kappa shape index (κ2) is 5.96. The minimum Gasteiger partial charge on any atom is -0.330 e. The molecule has 0 bridgehead atoms. The van der Waals surface area contributed by atoms with Gasteiger partial charge in [0.25, 0.3) is 5.91 Å². The molecule has 0 aliphatic carbocycles. The van der Waals surface area contributed by atoms with Crippen LogP contribution in [0.4, 0.5) is 4.79 Å². The predicted octanol–water partition coefficient (Wildman–Crippen LogP) is 2.89. The van der Waals surface area contributed by atoms with Gasteiger partial charge in [0, 0.05) is 13.1 Å². The van der Waals surface area contributed by atoms with Crippen molar-refractivity contribution >= 4 is 11.9 Å². The minimum absolute atomic E-state index is 0.0381. The predicted molar refractivity (Wildman–Crippen MR) is 93.4 cm³/mol. The molecule has 2 heterocycles. The minimum atomic E-state index is -0.370. The Bertz CT molecular complexity index is 738. The first-order valence-electron chi connectivity index (χ1n) is 8.50. The second-order valence-electron chi connectivity index (χ2n) is 6.85. The van der Waals surface area contributed by atoms with Crippen LogP contribution in [-0.4, -0.2) is 41.4 Å². The van der Waals surface area contributed by atoms with Crippen molar-refractivity contribution in [1.82, 2.24) is 15.1 Å². The Labute approximate surface area is 143 Å². The molecule has 2 aliphatic rings. The molecule has 24 heavy (non-hydrogen) atoms. The number of hydrogen-bond acceptors (Lipinski definition) is 2. The zero-order valence-corrected chi connectivity index (χ0v) is 15.0. The lowest BCUT2D eigenvalue weighted by molar-refractivity contribution is -0.127. The van der Waals surface area contributed by atoms with Crippen molar-refractivity contribution in [1.29, 1.82) is 0 Å². The topological polar surface area (TPSA) is 52.7 Å². The summed E-state index contributed by atoms with van der Waals surface area (Å²) in [5.74, 6) is 0.0381. The van der Waals surface area contributed by atoms with E-state index in [1.165, 1.54) is 5.56 Å². The number of hydrogen-bond donors (Lipinski definition) is 1. The van der Waals surface area contributed by atoms with E-state index in [-0.39, 0.29) is 24.0 Å². The van der Waals surface area contributed by atoms with Crippen molar-refractivity contribution in [2.45, 2.75) is 46.2 Å². The average molecular weight is 327 g/mol. The highest BCUT2D eigenvalue weighted by atomic mass is 16.2. The van der Waals surface area contributed by atoms with Crippen LogP contribution in [0.25, 0.3) is 0 Å². The molecule has 5 nitrogen and oxygen atoms in total. The van der Waals surface area contributed by atoms with E-state index >= 15 is 0 Å². The van der Waals surface area contributed by atoms with Crippen LogP contribution in [0.15, 0.2) is 29.5 Å². The zero-order chi connectivity index (χ0) is 17.6. The molecule has 1 aromatic carbocycles. The van der Waals surface area contributed by atoms with Gasteiger partial charge in [0.1, 0.15) is 0 Å². The van der Waals surface area contributed by atoms with Gasteiger partial charge in [-0.15, -0.1) is 0 Å². The van der Waals surface area contributed by atoms with Gasteiger partial charge in [-0.05, 0) is 38.3 Å². The molecule has 0 radical (unpaired) electrons. The van der Waals surface area contributed by atoms with Crippen LogP contribution in [0.5, 0.6) is 0 Å². The van der Waals surface area contributed by atoms with Crippen molar-refractivity contribution in [3.63, 3.8) is 0 Å². The molecule has 1 N–H and O–H groups in total. The van der Waals surface area contributed by atoms with Crippen molar-refractivity contribution in [2.75, 3.05) is 13.6 Å². The molecule has 5 heteroatoms. The zero-order valence-electron chi connectivity index (χ0n) is 15.0. The molecule has 3 amide bonds. The van der Waals surface area contributed by atoms with E-state index in [4.69, 9.17) is 0 Å². The highest BCUT2D eigenvalue weighted by Gasteiger charge is 2.44. The van der Waals surface area contributed by atoms with E-state index in [1.807, 2.05) is 30.9 Å². The maximum atomic E-state index is 13.0. The number of nitrogens with one attached hydrogen (secondary N) is 1. The smallest absolute Gasteiger partial charge is 0.322 e. The lowest BCUT2D eigenvalue weighted by atomic mass is 9.91. The van der Waals surface area contributed by atoms with Crippen LogP contribution in [0, 0.1) is 13.8 Å². The molecule has 0 fully saturated rings. The SMILES string of the molecule is CCC(C)N1CC2=C(C1=O)C(c1ccc(C)cc1C)NC(=O)N2C. The molecule has 2 aliphatic heterocycles. The summed E-state index contributed by atoms with van der Waals surface area (Å²) >= 11 is 0. The van der Waals surface area contributed by atoms with Crippen molar-refractivity contribution in [3.05, 3.63) is 46.2 Å². The third-order valence-electron chi connectivity index (χ3n) is 5.25. The lowest BCUT2D eigenvalue weighted by Crippen LogP contribution is -2.45. The maximum Gasteiger partial charge on any atom is 0.322 e. The van der Waals surface area contributed by atoms with Gasteiger partial charge in [-0.2, -0.15) is 0 Å². The fourth-order valence-corrected chi connectivity index (χ4v) is 3.55. The number of benzene rings is 1. The van der Waals surface area contributed by atoms with Crippen molar-refractivity contribution in [3.8, 4) is 0 Å². The van der Waals surface area contributed by atoms with Crippen LogP contribution in [-0.2, 0) is 4.79 Å². The van der Waals surface area contributed by atoms with Gasteiger partial charge >= 0.3 is 6.03 Å². The van der Waals surface area contributed by atoms with Crippen LogP contribution < -0.4 is 5.32 Å². The molecular formula is C19H25N3O2. The summed E-state index contributed by atoms with van der Waals surface area (Å²) < 4.78 is 0. The summed E-state index contributed by atoms with van der Waals surface area (Å²) in [5.41, 5.74) is 4.79. The summed E-state index contributed by atoms with van der Waals surface area (Å²) in [6.07, 6.45) is 0.894. The monoisotopic (exact) mass is 327 g/mol. The summed E-state index contributed by atoms with van der Waals surface area (Å²) in [6, 6.07) is 5.77. The number of carbonyl (C=O) groups is 2. The molecule has 3 rings (SSSR count). The molecular weight excluding hydrogens is 302 g/mol. The van der Waals surface area contributed by atoms with Gasteiger partial charge in [0.15, 0.2) is 0 Å². The highest BCUT2D eigenvalue weighted by molar-refractivity contribution is 6.01. The normalized spacial score (nSPS) is 22.0. The third-order valence-corrected chi connectivity index (χ3v) is 5.25. The number of rotatable bonds is 3. The lowest BCUT2D eigenvalue weighted by Gasteiger charge is -2.31. The van der Waals surface area contributed by atoms with Crippen LogP contribution in [0.3, 0.4) is 0 Å². The maximum absolute atomic E-state index is 13.0. The van der Waals surface area contributed by atoms with Crippen molar-refractivity contribution < 1.29 is 9.59 Å². The largest absolute Gasteiger partial charge is 0.330 e. The first kappa shape index (κ1) is 16.6. The Morgan fingerprint density at radius 2 is 2.00 bits per heavy atom. The Kier molecular flexibility index (Phi) is 4.11. The van der Waals surface area contributed by atoms with E-state index in [1.54, 1.807) is 11.9 Å². The summed E-state index contributed by atoms with van der Waals surface area (Å²) in [5, 5.41) is 3.00. The van der Waals surface area contributed by atoms with Gasteiger partial charge in [0.2, 0.25) is 0 Å². The number of carbonyl (C=O) groups excluding carboxylic acids is 2.